The summed E-state index contributed by atoms with van der Waals surface area (Å²) in [6, 6.07) is 24.6. The van der Waals surface area contributed by atoms with Crippen LogP contribution in [0.3, 0.4) is 0 Å². The van der Waals surface area contributed by atoms with E-state index in [0.29, 0.717) is 24.3 Å². The Kier molecular flexibility index (Phi) is 5.66. The molecular weight excluding hydrogens is 380 g/mol. The number of amides is 1. The Hall–Kier alpha value is -3.80. The molecule has 1 amide bonds. The number of nitrogens with zero attached hydrogens (tertiary/aromatic N) is 1. The van der Waals surface area contributed by atoms with Crippen LogP contribution in [0.4, 0.5) is 5.69 Å². The maximum Gasteiger partial charge on any atom is 0.341 e. The van der Waals surface area contributed by atoms with Crippen LogP contribution in [-0.2, 0) is 11.2 Å². The number of aliphatic carboxylic acids is 1. The second-order valence-corrected chi connectivity index (χ2v) is 7.05. The number of carboxylic acids is 1. The summed E-state index contributed by atoms with van der Waals surface area (Å²) in [4.78, 5) is 26.1. The van der Waals surface area contributed by atoms with Crippen LogP contribution in [0, 0.1) is 0 Å². The fourth-order valence-corrected chi connectivity index (χ4v) is 3.64. The van der Waals surface area contributed by atoms with Crippen molar-refractivity contribution < 1.29 is 19.4 Å². The van der Waals surface area contributed by atoms with Gasteiger partial charge in [-0.2, -0.15) is 0 Å². The first-order valence-corrected chi connectivity index (χ1v) is 9.77. The molecule has 6 nitrogen and oxygen atoms in total. The summed E-state index contributed by atoms with van der Waals surface area (Å²) in [6.07, 6.45) is 0.228. The van der Waals surface area contributed by atoms with Crippen LogP contribution in [0.1, 0.15) is 27.7 Å². The van der Waals surface area contributed by atoms with Gasteiger partial charge in [0.1, 0.15) is 11.9 Å². The smallest absolute Gasteiger partial charge is 0.341 e. The summed E-state index contributed by atoms with van der Waals surface area (Å²) >= 11 is 0. The Morgan fingerprint density at radius 2 is 1.67 bits per heavy atom. The summed E-state index contributed by atoms with van der Waals surface area (Å²) in [5.74, 6) is -0.684. The molecule has 0 spiro atoms. The molecule has 4 rings (SSSR count). The molecule has 3 aromatic rings. The van der Waals surface area contributed by atoms with Gasteiger partial charge in [0.15, 0.2) is 6.61 Å². The average Bonchev–Trinajstić information content (AvgIpc) is 2.78. The molecule has 0 aliphatic carbocycles. The third-order valence-electron chi connectivity index (χ3n) is 5.07. The van der Waals surface area contributed by atoms with Gasteiger partial charge in [0.05, 0.1) is 5.56 Å². The van der Waals surface area contributed by atoms with E-state index >= 15 is 0 Å². The number of benzene rings is 3. The minimum absolute atomic E-state index is 0.0710. The first kappa shape index (κ1) is 19.5. The molecule has 30 heavy (non-hydrogen) atoms. The fraction of sp³-hybridized carbons (Fsp3) is 0.167. The van der Waals surface area contributed by atoms with Crippen molar-refractivity contribution in [1.82, 2.24) is 4.90 Å². The van der Waals surface area contributed by atoms with Crippen molar-refractivity contribution in [3.05, 3.63) is 95.6 Å². The fourth-order valence-electron chi connectivity index (χ4n) is 3.64. The number of hydrogen-bond acceptors (Lipinski definition) is 4. The van der Waals surface area contributed by atoms with E-state index in [1.807, 2.05) is 66.7 Å². The van der Waals surface area contributed by atoms with Gasteiger partial charge >= 0.3 is 5.97 Å². The van der Waals surface area contributed by atoms with Crippen LogP contribution in [0.2, 0.25) is 0 Å². The first-order chi connectivity index (χ1) is 14.6. The Labute approximate surface area is 174 Å². The Morgan fingerprint density at radius 1 is 0.967 bits per heavy atom. The van der Waals surface area contributed by atoms with Gasteiger partial charge in [-0.25, -0.2) is 4.79 Å². The number of hydrogen-bond donors (Lipinski definition) is 2. The van der Waals surface area contributed by atoms with Crippen LogP contribution >= 0.6 is 0 Å². The molecule has 1 aliphatic heterocycles. The normalized spacial score (nSPS) is 15.3. The van der Waals surface area contributed by atoms with E-state index in [1.54, 1.807) is 17.0 Å². The molecular formula is C24H22N2O4. The molecule has 0 saturated carbocycles. The zero-order valence-corrected chi connectivity index (χ0v) is 16.3. The van der Waals surface area contributed by atoms with Gasteiger partial charge in [-0.1, -0.05) is 60.7 Å². The van der Waals surface area contributed by atoms with Crippen molar-refractivity contribution in [3.8, 4) is 5.75 Å². The molecule has 0 fully saturated rings. The number of fused-ring (bicyclic) bond motifs is 1. The van der Waals surface area contributed by atoms with Gasteiger partial charge in [0.25, 0.3) is 5.91 Å². The number of anilines is 1. The van der Waals surface area contributed by atoms with Gasteiger partial charge in [-0.05, 0) is 30.2 Å². The highest BCUT2D eigenvalue weighted by atomic mass is 16.5. The first-order valence-electron chi connectivity index (χ1n) is 9.77. The highest BCUT2D eigenvalue weighted by molar-refractivity contribution is 6.01. The predicted molar refractivity (Wildman–Crippen MR) is 114 cm³/mol. The largest absolute Gasteiger partial charge is 0.481 e. The zero-order valence-electron chi connectivity index (χ0n) is 16.3. The standard InChI is InChI=1S/C24H22N2O4/c27-22(28)16-30-21-13-7-5-11-19(21)23-25-20-12-6-4-10-18(20)24(29)26(23)15-14-17-8-2-1-3-9-17/h1-13,23,25H,14-16H2,(H,27,28)/t23-/m0/s1. The number of para-hydroxylation sites is 2. The minimum Gasteiger partial charge on any atom is -0.481 e. The van der Waals surface area contributed by atoms with Gasteiger partial charge in [0.2, 0.25) is 0 Å². The molecule has 2 N–H and O–H groups in total. The molecule has 3 aromatic carbocycles. The molecule has 0 saturated heterocycles. The monoisotopic (exact) mass is 402 g/mol. The average molecular weight is 402 g/mol. The number of carbonyl (C=O) groups is 2. The summed E-state index contributed by atoms with van der Waals surface area (Å²) in [7, 11) is 0. The van der Waals surface area contributed by atoms with E-state index in [0.717, 1.165) is 16.8 Å². The number of rotatable bonds is 7. The van der Waals surface area contributed by atoms with Crippen LogP contribution < -0.4 is 10.1 Å². The lowest BCUT2D eigenvalue weighted by Crippen LogP contribution is -2.44. The quantitative estimate of drug-likeness (QED) is 0.625. The Morgan fingerprint density at radius 3 is 2.47 bits per heavy atom. The van der Waals surface area contributed by atoms with Crippen LogP contribution in [0.5, 0.6) is 5.75 Å². The van der Waals surface area contributed by atoms with E-state index in [1.165, 1.54) is 0 Å². The Bertz CT molecular complexity index is 1050. The lowest BCUT2D eigenvalue weighted by atomic mass is 10.0. The maximum atomic E-state index is 13.4. The van der Waals surface area contributed by atoms with Crippen molar-refractivity contribution >= 4 is 17.6 Å². The summed E-state index contributed by atoms with van der Waals surface area (Å²) < 4.78 is 5.51. The number of nitrogens with one attached hydrogen (secondary N) is 1. The van der Waals surface area contributed by atoms with Gasteiger partial charge in [-0.15, -0.1) is 0 Å². The molecule has 0 unspecified atom stereocenters. The van der Waals surface area contributed by atoms with Gasteiger partial charge in [-0.3, -0.25) is 4.79 Å². The summed E-state index contributed by atoms with van der Waals surface area (Å²) in [6.45, 7) is 0.0559. The predicted octanol–water partition coefficient (Wildman–Crippen LogP) is 3.96. The maximum absolute atomic E-state index is 13.4. The topological polar surface area (TPSA) is 78.9 Å². The number of carbonyl (C=O) groups excluding carboxylic acids is 1. The van der Waals surface area contributed by atoms with Crippen molar-refractivity contribution in [2.75, 3.05) is 18.5 Å². The van der Waals surface area contributed by atoms with E-state index in [2.05, 4.69) is 5.32 Å². The third-order valence-corrected chi connectivity index (χ3v) is 5.07. The molecule has 0 radical (unpaired) electrons. The molecule has 1 heterocycles. The van der Waals surface area contributed by atoms with E-state index in [4.69, 9.17) is 9.84 Å². The summed E-state index contributed by atoms with van der Waals surface area (Å²) in [5, 5.41) is 12.4. The van der Waals surface area contributed by atoms with Gasteiger partial charge < -0.3 is 20.1 Å². The van der Waals surface area contributed by atoms with Crippen molar-refractivity contribution in [1.29, 1.82) is 0 Å². The van der Waals surface area contributed by atoms with Crippen LogP contribution in [0.25, 0.3) is 0 Å². The van der Waals surface area contributed by atoms with Crippen molar-refractivity contribution in [2.45, 2.75) is 12.6 Å². The lowest BCUT2D eigenvalue weighted by molar-refractivity contribution is -0.139. The third kappa shape index (κ3) is 4.12. The molecule has 1 atom stereocenters. The van der Waals surface area contributed by atoms with Crippen LogP contribution in [-0.4, -0.2) is 35.0 Å². The number of ether oxygens (including phenoxy) is 1. The van der Waals surface area contributed by atoms with E-state index < -0.39 is 18.7 Å². The Balaban J connectivity index is 1.68. The zero-order chi connectivity index (χ0) is 20.9. The summed E-state index contributed by atoms with van der Waals surface area (Å²) in [5.41, 5.74) is 3.22. The number of carboxylic acid groups (broad SMARTS) is 1. The highest BCUT2D eigenvalue weighted by Gasteiger charge is 2.34. The minimum atomic E-state index is -1.05. The second kappa shape index (κ2) is 8.69. The molecule has 0 aromatic heterocycles. The second-order valence-electron chi connectivity index (χ2n) is 7.05. The van der Waals surface area contributed by atoms with Gasteiger partial charge in [0, 0.05) is 17.8 Å². The SMILES string of the molecule is O=C(O)COc1ccccc1[C@H]1Nc2ccccc2C(=O)N1CCc1ccccc1. The molecule has 1 aliphatic rings. The molecule has 152 valence electrons. The highest BCUT2D eigenvalue weighted by Crippen LogP contribution is 2.36. The van der Waals surface area contributed by atoms with Crippen molar-refractivity contribution in [2.24, 2.45) is 0 Å². The van der Waals surface area contributed by atoms with E-state index in [-0.39, 0.29) is 5.91 Å². The molecule has 6 heteroatoms. The van der Waals surface area contributed by atoms with Crippen LogP contribution in [0.15, 0.2) is 78.9 Å². The van der Waals surface area contributed by atoms with E-state index in [9.17, 15) is 9.59 Å². The lowest BCUT2D eigenvalue weighted by Gasteiger charge is -2.38. The molecule has 0 bridgehead atoms. The van der Waals surface area contributed by atoms with Crippen molar-refractivity contribution in [3.63, 3.8) is 0 Å².